The van der Waals surface area contributed by atoms with E-state index in [4.69, 9.17) is 0 Å². The third-order valence-electron chi connectivity index (χ3n) is 4.07. The van der Waals surface area contributed by atoms with Gasteiger partial charge in [0.15, 0.2) is 16.8 Å². The van der Waals surface area contributed by atoms with Crippen molar-refractivity contribution in [2.45, 2.75) is 18.1 Å². The first-order valence-corrected chi connectivity index (χ1v) is 9.51. The van der Waals surface area contributed by atoms with E-state index in [1.54, 1.807) is 28.8 Å². The normalized spacial score (nSPS) is 11.8. The van der Waals surface area contributed by atoms with Crippen molar-refractivity contribution in [3.05, 3.63) is 77.6 Å². The van der Waals surface area contributed by atoms with Crippen LogP contribution in [0.5, 0.6) is 0 Å². The molecule has 2 aromatic carbocycles. The molecule has 0 saturated carbocycles. The van der Waals surface area contributed by atoms with Gasteiger partial charge in [-0.05, 0) is 19.1 Å². The van der Waals surface area contributed by atoms with E-state index in [-0.39, 0.29) is 23.5 Å². The van der Waals surface area contributed by atoms with Crippen LogP contribution < -0.4 is 5.32 Å². The lowest BCUT2D eigenvalue weighted by molar-refractivity contribution is 0.0937. The molecule has 7 heteroatoms. The van der Waals surface area contributed by atoms with Crippen molar-refractivity contribution in [1.82, 2.24) is 20.1 Å². The third kappa shape index (κ3) is 4.62. The molecule has 0 bridgehead atoms. The van der Waals surface area contributed by atoms with Crippen molar-refractivity contribution in [1.29, 1.82) is 0 Å². The Kier molecular flexibility index (Phi) is 6.03. The zero-order valence-corrected chi connectivity index (χ0v) is 15.9. The lowest BCUT2D eigenvalue weighted by Crippen LogP contribution is -2.28. The van der Waals surface area contributed by atoms with Gasteiger partial charge in [0.2, 0.25) is 0 Å². The maximum Gasteiger partial charge on any atom is 0.251 e. The summed E-state index contributed by atoms with van der Waals surface area (Å²) in [6.07, 6.45) is 0. The molecule has 1 N–H and O–H groups in total. The Morgan fingerprint density at radius 3 is 2.22 bits per heavy atom. The van der Waals surface area contributed by atoms with Crippen LogP contribution in [0.15, 0.2) is 65.8 Å². The third-order valence-corrected chi connectivity index (χ3v) is 5.09. The molecule has 1 amide bonds. The fourth-order valence-corrected chi connectivity index (χ4v) is 3.41. The van der Waals surface area contributed by atoms with E-state index in [1.807, 2.05) is 50.4 Å². The molecule has 0 aliphatic rings. The molecule has 0 aliphatic carbocycles. The highest BCUT2D eigenvalue weighted by atomic mass is 32.2. The van der Waals surface area contributed by atoms with Crippen LogP contribution in [-0.4, -0.2) is 32.2 Å². The van der Waals surface area contributed by atoms with Gasteiger partial charge >= 0.3 is 0 Å². The number of thioether (sulfide) groups is 1. The first-order valence-electron chi connectivity index (χ1n) is 8.52. The largest absolute Gasteiger partial charge is 0.342 e. The summed E-state index contributed by atoms with van der Waals surface area (Å²) in [5, 5.41) is 11.9. The average molecular weight is 380 g/mol. The standard InChI is InChI=1S/C20H20N4O2S/c1-14(21-19(26)16-11-7-4-8-12-16)18-22-23-20(24(18)2)27-13-17(25)15-9-5-3-6-10-15/h3-12,14H,13H2,1-2H3,(H,21,26)/t14-/m0/s1. The molecule has 1 heterocycles. The van der Waals surface area contributed by atoms with Gasteiger partial charge < -0.3 is 9.88 Å². The zero-order valence-electron chi connectivity index (χ0n) is 15.1. The van der Waals surface area contributed by atoms with Gasteiger partial charge in [-0.1, -0.05) is 60.3 Å². The van der Waals surface area contributed by atoms with Gasteiger partial charge in [0.1, 0.15) is 0 Å². The van der Waals surface area contributed by atoms with Crippen molar-refractivity contribution in [3.63, 3.8) is 0 Å². The van der Waals surface area contributed by atoms with Gasteiger partial charge in [0.05, 0.1) is 11.8 Å². The number of carbonyl (C=O) groups is 2. The second-order valence-corrected chi connectivity index (χ2v) is 6.98. The first kappa shape index (κ1) is 18.8. The molecular formula is C20H20N4O2S. The Hall–Kier alpha value is -2.93. The van der Waals surface area contributed by atoms with E-state index in [0.29, 0.717) is 22.1 Å². The SMILES string of the molecule is C[C@H](NC(=O)c1ccccc1)c1nnc(SCC(=O)c2ccccc2)n1C. The van der Waals surface area contributed by atoms with Gasteiger partial charge in [-0.2, -0.15) is 0 Å². The number of hydrogen-bond acceptors (Lipinski definition) is 5. The summed E-state index contributed by atoms with van der Waals surface area (Å²) in [6.45, 7) is 1.86. The van der Waals surface area contributed by atoms with Crippen LogP contribution in [0.2, 0.25) is 0 Å². The fourth-order valence-electron chi connectivity index (χ4n) is 2.60. The molecule has 3 rings (SSSR count). The summed E-state index contributed by atoms with van der Waals surface area (Å²) in [6, 6.07) is 17.9. The second-order valence-electron chi connectivity index (χ2n) is 6.04. The number of amides is 1. The van der Waals surface area contributed by atoms with E-state index < -0.39 is 0 Å². The highest BCUT2D eigenvalue weighted by Gasteiger charge is 2.19. The zero-order chi connectivity index (χ0) is 19.2. The number of aromatic nitrogens is 3. The number of benzene rings is 2. The smallest absolute Gasteiger partial charge is 0.251 e. The Bertz CT molecular complexity index is 926. The Morgan fingerprint density at radius 2 is 1.59 bits per heavy atom. The first-order chi connectivity index (χ1) is 13.1. The van der Waals surface area contributed by atoms with Crippen molar-refractivity contribution < 1.29 is 9.59 Å². The number of Topliss-reactive ketones (excluding diaryl/α,β-unsaturated/α-hetero) is 1. The minimum atomic E-state index is -0.311. The molecule has 0 radical (unpaired) electrons. The number of nitrogens with zero attached hydrogens (tertiary/aromatic N) is 3. The Balaban J connectivity index is 1.62. The van der Waals surface area contributed by atoms with Crippen molar-refractivity contribution in [2.75, 3.05) is 5.75 Å². The van der Waals surface area contributed by atoms with Crippen molar-refractivity contribution >= 4 is 23.5 Å². The van der Waals surface area contributed by atoms with E-state index in [0.717, 1.165) is 0 Å². The van der Waals surface area contributed by atoms with Crippen LogP contribution in [0, 0.1) is 0 Å². The van der Waals surface area contributed by atoms with Crippen LogP contribution in [0.3, 0.4) is 0 Å². The number of nitrogens with one attached hydrogen (secondary N) is 1. The van der Waals surface area contributed by atoms with E-state index >= 15 is 0 Å². The minimum absolute atomic E-state index is 0.0376. The summed E-state index contributed by atoms with van der Waals surface area (Å²) in [7, 11) is 1.83. The summed E-state index contributed by atoms with van der Waals surface area (Å²) < 4.78 is 1.80. The molecule has 0 unspecified atom stereocenters. The summed E-state index contributed by atoms with van der Waals surface area (Å²) in [5.41, 5.74) is 1.27. The molecule has 6 nitrogen and oxygen atoms in total. The van der Waals surface area contributed by atoms with Crippen LogP contribution >= 0.6 is 11.8 Å². The summed E-state index contributed by atoms with van der Waals surface area (Å²) >= 11 is 1.33. The van der Waals surface area contributed by atoms with E-state index in [2.05, 4.69) is 15.5 Å². The summed E-state index contributed by atoms with van der Waals surface area (Å²) in [5.74, 6) is 0.782. The molecule has 138 valence electrons. The molecule has 0 spiro atoms. The molecule has 27 heavy (non-hydrogen) atoms. The highest BCUT2D eigenvalue weighted by Crippen LogP contribution is 2.20. The predicted molar refractivity (Wildman–Crippen MR) is 105 cm³/mol. The van der Waals surface area contributed by atoms with Gasteiger partial charge in [0, 0.05) is 18.2 Å². The molecule has 3 aromatic rings. The molecule has 0 fully saturated rings. The minimum Gasteiger partial charge on any atom is -0.342 e. The van der Waals surface area contributed by atoms with Gasteiger partial charge in [0.25, 0.3) is 5.91 Å². The molecule has 0 saturated heterocycles. The Labute approximate surface area is 162 Å². The van der Waals surface area contributed by atoms with Crippen LogP contribution in [0.4, 0.5) is 0 Å². The molecule has 1 atom stereocenters. The highest BCUT2D eigenvalue weighted by molar-refractivity contribution is 7.99. The maximum absolute atomic E-state index is 12.3. The van der Waals surface area contributed by atoms with Crippen molar-refractivity contribution in [2.24, 2.45) is 7.05 Å². The predicted octanol–water partition coefficient (Wildman–Crippen LogP) is 3.28. The van der Waals surface area contributed by atoms with Crippen LogP contribution in [0.25, 0.3) is 0 Å². The van der Waals surface area contributed by atoms with E-state index in [9.17, 15) is 9.59 Å². The number of rotatable bonds is 7. The lowest BCUT2D eigenvalue weighted by atomic mass is 10.2. The monoisotopic (exact) mass is 380 g/mol. The van der Waals surface area contributed by atoms with Gasteiger partial charge in [-0.25, -0.2) is 0 Å². The lowest BCUT2D eigenvalue weighted by Gasteiger charge is -2.13. The fraction of sp³-hybridized carbons (Fsp3) is 0.200. The maximum atomic E-state index is 12.3. The number of ketones is 1. The topological polar surface area (TPSA) is 76.9 Å². The average Bonchev–Trinajstić information content (AvgIpc) is 3.08. The van der Waals surface area contributed by atoms with E-state index in [1.165, 1.54) is 11.8 Å². The molecule has 1 aromatic heterocycles. The molecule has 0 aliphatic heterocycles. The van der Waals surface area contributed by atoms with Crippen LogP contribution in [-0.2, 0) is 7.05 Å². The number of carbonyl (C=O) groups excluding carboxylic acids is 2. The van der Waals surface area contributed by atoms with Crippen LogP contribution in [0.1, 0.15) is 39.5 Å². The molecular weight excluding hydrogens is 360 g/mol. The number of hydrogen-bond donors (Lipinski definition) is 1. The quantitative estimate of drug-likeness (QED) is 0.503. The summed E-state index contributed by atoms with van der Waals surface area (Å²) in [4.78, 5) is 24.5. The van der Waals surface area contributed by atoms with Gasteiger partial charge in [-0.3, -0.25) is 9.59 Å². The Morgan fingerprint density at radius 1 is 1.00 bits per heavy atom. The van der Waals surface area contributed by atoms with Gasteiger partial charge in [-0.15, -0.1) is 10.2 Å². The second kappa shape index (κ2) is 8.64. The van der Waals surface area contributed by atoms with Crippen molar-refractivity contribution in [3.8, 4) is 0 Å².